The summed E-state index contributed by atoms with van der Waals surface area (Å²) in [6.45, 7) is 2.49. The van der Waals surface area contributed by atoms with Crippen molar-refractivity contribution >= 4 is 22.4 Å². The van der Waals surface area contributed by atoms with Crippen LogP contribution in [0, 0.1) is 0 Å². The van der Waals surface area contributed by atoms with E-state index in [-0.39, 0.29) is 12.6 Å². The molecule has 0 aromatic heterocycles. The van der Waals surface area contributed by atoms with Crippen molar-refractivity contribution in [1.29, 1.82) is 0 Å². The molecule has 108 valence electrons. The van der Waals surface area contributed by atoms with Gasteiger partial charge in [-0.1, -0.05) is 23.7 Å². The molecule has 0 spiro atoms. The SMILES string of the molecule is CC(CS(C)=O)NCC(O)COc1ccccc1Cl. The molecule has 3 atom stereocenters. The lowest BCUT2D eigenvalue weighted by Gasteiger charge is -2.17. The quantitative estimate of drug-likeness (QED) is 0.763. The van der Waals surface area contributed by atoms with E-state index >= 15 is 0 Å². The Hall–Kier alpha value is -0.620. The molecule has 0 radical (unpaired) electrons. The first-order valence-corrected chi connectivity index (χ1v) is 8.18. The fraction of sp³-hybridized carbons (Fsp3) is 0.538. The second-order valence-corrected chi connectivity index (χ2v) is 6.33. The van der Waals surface area contributed by atoms with Crippen LogP contribution in [0.1, 0.15) is 6.92 Å². The number of nitrogens with one attached hydrogen (secondary N) is 1. The van der Waals surface area contributed by atoms with E-state index in [4.69, 9.17) is 16.3 Å². The molecular formula is C13H20ClNO3S. The molecule has 0 aliphatic carbocycles. The minimum atomic E-state index is -0.840. The second kappa shape index (κ2) is 8.53. The molecule has 3 unspecified atom stereocenters. The van der Waals surface area contributed by atoms with E-state index in [1.807, 2.05) is 19.1 Å². The van der Waals surface area contributed by atoms with Gasteiger partial charge in [0, 0.05) is 35.4 Å². The Morgan fingerprint density at radius 2 is 2.16 bits per heavy atom. The number of hydrogen-bond donors (Lipinski definition) is 2. The molecule has 4 nitrogen and oxygen atoms in total. The standard InChI is InChI=1S/C13H20ClNO3S/c1-10(9-19(2)17)15-7-11(16)8-18-13-6-4-3-5-12(13)14/h3-6,10-11,15-16H,7-9H2,1-2H3. The van der Waals surface area contributed by atoms with Crippen molar-refractivity contribution in [2.45, 2.75) is 19.1 Å². The normalized spacial score (nSPS) is 15.8. The Labute approximate surface area is 121 Å². The molecule has 2 N–H and O–H groups in total. The minimum Gasteiger partial charge on any atom is -0.489 e. The van der Waals surface area contributed by atoms with Gasteiger partial charge in [-0.3, -0.25) is 4.21 Å². The van der Waals surface area contributed by atoms with Gasteiger partial charge in [0.25, 0.3) is 0 Å². The summed E-state index contributed by atoms with van der Waals surface area (Å²) >= 11 is 5.94. The average Bonchev–Trinajstić information content (AvgIpc) is 2.34. The molecule has 0 aliphatic heterocycles. The lowest BCUT2D eigenvalue weighted by molar-refractivity contribution is 0.105. The highest BCUT2D eigenvalue weighted by Gasteiger charge is 2.10. The molecule has 0 fully saturated rings. The Balaban J connectivity index is 2.26. The molecule has 0 amide bonds. The van der Waals surface area contributed by atoms with Crippen molar-refractivity contribution in [2.75, 3.05) is 25.2 Å². The number of aliphatic hydroxyl groups excluding tert-OH is 1. The van der Waals surface area contributed by atoms with Crippen LogP contribution in [-0.4, -0.2) is 46.6 Å². The van der Waals surface area contributed by atoms with Crippen molar-refractivity contribution in [3.63, 3.8) is 0 Å². The van der Waals surface area contributed by atoms with Crippen LogP contribution < -0.4 is 10.1 Å². The highest BCUT2D eigenvalue weighted by Crippen LogP contribution is 2.22. The molecule has 0 saturated heterocycles. The van der Waals surface area contributed by atoms with E-state index in [0.717, 1.165) is 0 Å². The molecule has 0 bridgehead atoms. The van der Waals surface area contributed by atoms with E-state index in [1.165, 1.54) is 0 Å². The number of benzene rings is 1. The number of aliphatic hydroxyl groups is 1. The highest BCUT2D eigenvalue weighted by molar-refractivity contribution is 7.84. The van der Waals surface area contributed by atoms with Crippen LogP contribution in [-0.2, 0) is 10.8 Å². The van der Waals surface area contributed by atoms with Crippen molar-refractivity contribution < 1.29 is 14.1 Å². The second-order valence-electron chi connectivity index (χ2n) is 4.44. The van der Waals surface area contributed by atoms with Gasteiger partial charge >= 0.3 is 0 Å². The summed E-state index contributed by atoms with van der Waals surface area (Å²) in [5.74, 6) is 1.13. The molecule has 0 saturated carbocycles. The van der Waals surface area contributed by atoms with Crippen LogP contribution in [0.3, 0.4) is 0 Å². The van der Waals surface area contributed by atoms with Gasteiger partial charge in [-0.15, -0.1) is 0 Å². The predicted octanol–water partition coefficient (Wildman–Crippen LogP) is 1.44. The highest BCUT2D eigenvalue weighted by atomic mass is 35.5. The number of para-hydroxylation sites is 1. The molecule has 1 aromatic rings. The van der Waals surface area contributed by atoms with Crippen molar-refractivity contribution in [1.82, 2.24) is 5.32 Å². The van der Waals surface area contributed by atoms with Gasteiger partial charge in [-0.05, 0) is 19.1 Å². The van der Waals surface area contributed by atoms with Crippen LogP contribution in [0.4, 0.5) is 0 Å². The van der Waals surface area contributed by atoms with Crippen molar-refractivity contribution in [3.05, 3.63) is 29.3 Å². The van der Waals surface area contributed by atoms with E-state index in [9.17, 15) is 9.32 Å². The summed E-state index contributed by atoms with van der Waals surface area (Å²) in [6.07, 6.45) is 1.03. The summed E-state index contributed by atoms with van der Waals surface area (Å²) in [6, 6.07) is 7.23. The number of hydrogen-bond acceptors (Lipinski definition) is 4. The van der Waals surface area contributed by atoms with Crippen LogP contribution in [0.5, 0.6) is 5.75 Å². The topological polar surface area (TPSA) is 58.6 Å². The Morgan fingerprint density at radius 3 is 2.79 bits per heavy atom. The largest absolute Gasteiger partial charge is 0.489 e. The monoisotopic (exact) mass is 305 g/mol. The average molecular weight is 306 g/mol. The zero-order valence-corrected chi connectivity index (χ0v) is 12.7. The summed E-state index contributed by atoms with van der Waals surface area (Å²) < 4.78 is 16.4. The van der Waals surface area contributed by atoms with E-state index in [2.05, 4.69) is 5.32 Å². The van der Waals surface area contributed by atoms with Gasteiger partial charge in [0.15, 0.2) is 0 Å². The summed E-state index contributed by atoms with van der Waals surface area (Å²) in [5.41, 5.74) is 0. The lowest BCUT2D eigenvalue weighted by Crippen LogP contribution is -2.39. The van der Waals surface area contributed by atoms with E-state index in [1.54, 1.807) is 18.4 Å². The van der Waals surface area contributed by atoms with Gasteiger partial charge in [0.2, 0.25) is 0 Å². The molecule has 0 aliphatic rings. The Kier molecular flexibility index (Phi) is 7.38. The van der Waals surface area contributed by atoms with Crippen molar-refractivity contribution in [2.24, 2.45) is 0 Å². The third-order valence-corrected chi connectivity index (χ3v) is 3.74. The minimum absolute atomic E-state index is 0.0980. The van der Waals surface area contributed by atoms with Gasteiger partial charge in [-0.2, -0.15) is 0 Å². The summed E-state index contributed by atoms with van der Waals surface area (Å²) in [4.78, 5) is 0. The Morgan fingerprint density at radius 1 is 1.47 bits per heavy atom. The smallest absolute Gasteiger partial charge is 0.138 e. The fourth-order valence-electron chi connectivity index (χ4n) is 1.55. The predicted molar refractivity (Wildman–Crippen MR) is 79.4 cm³/mol. The van der Waals surface area contributed by atoms with Gasteiger partial charge in [0.1, 0.15) is 18.5 Å². The lowest BCUT2D eigenvalue weighted by atomic mass is 10.3. The fourth-order valence-corrected chi connectivity index (χ4v) is 2.57. The number of ether oxygens (including phenoxy) is 1. The maximum absolute atomic E-state index is 11.0. The summed E-state index contributed by atoms with van der Waals surface area (Å²) in [7, 11) is -0.840. The van der Waals surface area contributed by atoms with Gasteiger partial charge in [-0.25, -0.2) is 0 Å². The Bertz CT molecular complexity index is 417. The third kappa shape index (κ3) is 6.92. The molecule has 0 heterocycles. The van der Waals surface area contributed by atoms with E-state index in [0.29, 0.717) is 23.1 Å². The van der Waals surface area contributed by atoms with Gasteiger partial charge < -0.3 is 15.2 Å². The first-order valence-electron chi connectivity index (χ1n) is 6.08. The summed E-state index contributed by atoms with van der Waals surface area (Å²) in [5, 5.41) is 13.4. The van der Waals surface area contributed by atoms with Gasteiger partial charge in [0.05, 0.1) is 5.02 Å². The molecule has 6 heteroatoms. The first-order chi connectivity index (χ1) is 8.99. The van der Waals surface area contributed by atoms with Crippen LogP contribution in [0.15, 0.2) is 24.3 Å². The molecule has 1 rings (SSSR count). The maximum Gasteiger partial charge on any atom is 0.138 e. The third-order valence-electron chi connectivity index (χ3n) is 2.45. The molecular weight excluding hydrogens is 286 g/mol. The van der Waals surface area contributed by atoms with Crippen LogP contribution in [0.2, 0.25) is 5.02 Å². The zero-order chi connectivity index (χ0) is 14.3. The maximum atomic E-state index is 11.0. The van der Waals surface area contributed by atoms with Crippen molar-refractivity contribution in [3.8, 4) is 5.75 Å². The number of rotatable bonds is 8. The first kappa shape index (κ1) is 16.4. The van der Waals surface area contributed by atoms with Crippen LogP contribution >= 0.6 is 11.6 Å². The number of halogens is 1. The zero-order valence-electron chi connectivity index (χ0n) is 11.1. The van der Waals surface area contributed by atoms with Crippen LogP contribution in [0.25, 0.3) is 0 Å². The van der Waals surface area contributed by atoms with E-state index < -0.39 is 16.9 Å². The molecule has 1 aromatic carbocycles. The molecule has 19 heavy (non-hydrogen) atoms.